The number of carbonyl (C=O) groups excluding carboxylic acids is 1. The first kappa shape index (κ1) is 24.9. The molecule has 15 heteroatoms. The van der Waals surface area contributed by atoms with Crippen molar-refractivity contribution in [3.8, 4) is 0 Å². The van der Waals surface area contributed by atoms with Gasteiger partial charge in [0.05, 0.1) is 12.5 Å². The molecule has 2 N–H and O–H groups in total. The van der Waals surface area contributed by atoms with Crippen molar-refractivity contribution in [1.82, 2.24) is 0 Å². The fraction of sp³-hybridized carbons (Fsp3) is 0.533. The van der Waals surface area contributed by atoms with Gasteiger partial charge in [-0.1, -0.05) is 23.7 Å². The van der Waals surface area contributed by atoms with Crippen molar-refractivity contribution in [2.24, 2.45) is 0 Å². The van der Waals surface area contributed by atoms with Crippen LogP contribution < -0.4 is 0 Å². The lowest BCUT2D eigenvalue weighted by Gasteiger charge is -2.42. The van der Waals surface area contributed by atoms with E-state index in [0.29, 0.717) is 10.6 Å². The van der Waals surface area contributed by atoms with Gasteiger partial charge in [0.2, 0.25) is 0 Å². The molecular formula is C15H19ClO12S2. The average molecular weight is 491 g/mol. The normalized spacial score (nSPS) is 27.6. The zero-order chi connectivity index (χ0) is 22.7. The predicted molar refractivity (Wildman–Crippen MR) is 99.2 cm³/mol. The summed E-state index contributed by atoms with van der Waals surface area (Å²) in [6.45, 7) is 1.35. The summed E-state index contributed by atoms with van der Waals surface area (Å²) in [5.74, 6) is -0.872. The van der Waals surface area contributed by atoms with Crippen LogP contribution in [0, 0.1) is 0 Å². The van der Waals surface area contributed by atoms with Crippen molar-refractivity contribution >= 4 is 38.4 Å². The van der Waals surface area contributed by atoms with Crippen LogP contribution in [-0.2, 0) is 54.6 Å². The highest BCUT2D eigenvalue weighted by Gasteiger charge is 2.52. The van der Waals surface area contributed by atoms with Gasteiger partial charge in [0, 0.05) is 12.1 Å². The minimum absolute atomic E-state index is 0.278. The molecule has 1 heterocycles. The van der Waals surface area contributed by atoms with Crippen LogP contribution in [0.15, 0.2) is 24.3 Å². The van der Waals surface area contributed by atoms with Crippen LogP contribution in [0.1, 0.15) is 12.5 Å². The molecule has 1 aliphatic rings. The maximum Gasteiger partial charge on any atom is 0.397 e. The summed E-state index contributed by atoms with van der Waals surface area (Å²) in [7, 11) is -9.25. The number of hydrogen-bond donors (Lipinski definition) is 2. The van der Waals surface area contributed by atoms with Crippen LogP contribution in [-0.4, -0.2) is 69.7 Å². The third-order valence-electron chi connectivity index (χ3n) is 3.93. The Hall–Kier alpha value is -1.36. The van der Waals surface area contributed by atoms with Gasteiger partial charge in [0.1, 0.15) is 0 Å². The molecule has 1 saturated heterocycles. The first-order valence-corrected chi connectivity index (χ1v) is 11.3. The Kier molecular flexibility index (Phi) is 8.17. The van der Waals surface area contributed by atoms with Gasteiger partial charge < -0.3 is 14.2 Å². The molecule has 1 aromatic carbocycles. The number of carbonyl (C=O) groups is 1. The van der Waals surface area contributed by atoms with Crippen LogP contribution in [0.3, 0.4) is 0 Å². The zero-order valence-electron chi connectivity index (χ0n) is 15.6. The van der Waals surface area contributed by atoms with Crippen molar-refractivity contribution in [2.75, 3.05) is 7.11 Å². The summed E-state index contributed by atoms with van der Waals surface area (Å²) >= 11 is 5.85. The Morgan fingerprint density at radius 3 is 2.23 bits per heavy atom. The van der Waals surface area contributed by atoms with Crippen molar-refractivity contribution in [2.45, 2.75) is 44.1 Å². The van der Waals surface area contributed by atoms with E-state index in [1.807, 2.05) is 0 Å². The van der Waals surface area contributed by atoms with Gasteiger partial charge in [-0.15, -0.1) is 0 Å². The van der Waals surface area contributed by atoms with Crippen LogP contribution in [0.2, 0.25) is 5.02 Å². The SMILES string of the molecule is CO[C@@H]1O[C@@H](C)[C@H](OC(=O)Cc2cccc(Cl)c2)[C@@H](OS(=O)(=O)O)[C@H]1OS(=O)(=O)O. The van der Waals surface area contributed by atoms with Gasteiger partial charge in [0.15, 0.2) is 24.6 Å². The molecule has 0 unspecified atom stereocenters. The van der Waals surface area contributed by atoms with Crippen molar-refractivity contribution in [3.05, 3.63) is 34.9 Å². The molecule has 2 rings (SSSR count). The molecule has 0 spiro atoms. The molecule has 1 fully saturated rings. The number of halogens is 1. The van der Waals surface area contributed by atoms with Crippen molar-refractivity contribution in [3.63, 3.8) is 0 Å². The average Bonchev–Trinajstić information content (AvgIpc) is 2.58. The molecule has 0 aliphatic carbocycles. The lowest BCUT2D eigenvalue weighted by Crippen LogP contribution is -2.61. The largest absolute Gasteiger partial charge is 0.456 e. The van der Waals surface area contributed by atoms with E-state index in [1.54, 1.807) is 18.2 Å². The topological polar surface area (TPSA) is 172 Å². The van der Waals surface area contributed by atoms with Crippen LogP contribution in [0.4, 0.5) is 0 Å². The molecular weight excluding hydrogens is 472 g/mol. The van der Waals surface area contributed by atoms with Crippen molar-refractivity contribution < 1.29 is 53.3 Å². The Bertz CT molecular complexity index is 964. The highest BCUT2D eigenvalue weighted by atomic mass is 35.5. The molecule has 12 nitrogen and oxygen atoms in total. The fourth-order valence-corrected chi connectivity index (χ4v) is 4.02. The first-order chi connectivity index (χ1) is 13.8. The van der Waals surface area contributed by atoms with E-state index in [2.05, 4.69) is 8.37 Å². The van der Waals surface area contributed by atoms with E-state index in [-0.39, 0.29) is 6.42 Å². The van der Waals surface area contributed by atoms with E-state index in [0.717, 1.165) is 7.11 Å². The second-order valence-electron chi connectivity index (χ2n) is 6.18. The molecule has 0 radical (unpaired) electrons. The van der Waals surface area contributed by atoms with Gasteiger partial charge in [-0.2, -0.15) is 16.8 Å². The third kappa shape index (κ3) is 7.40. The van der Waals surface area contributed by atoms with Crippen LogP contribution in [0.25, 0.3) is 0 Å². The minimum Gasteiger partial charge on any atom is -0.456 e. The molecule has 5 atom stereocenters. The van der Waals surface area contributed by atoms with E-state index in [9.17, 15) is 21.6 Å². The number of benzene rings is 1. The molecule has 0 aromatic heterocycles. The molecule has 0 saturated carbocycles. The van der Waals surface area contributed by atoms with Gasteiger partial charge in [-0.25, -0.2) is 8.37 Å². The smallest absolute Gasteiger partial charge is 0.397 e. The minimum atomic E-state index is -5.18. The summed E-state index contributed by atoms with van der Waals surface area (Å²) in [5, 5.41) is 0.367. The lowest BCUT2D eigenvalue weighted by atomic mass is 9.99. The summed E-state index contributed by atoms with van der Waals surface area (Å²) in [5.41, 5.74) is 0.477. The summed E-state index contributed by atoms with van der Waals surface area (Å²) in [4.78, 5) is 12.4. The number of rotatable bonds is 8. The molecule has 170 valence electrons. The van der Waals surface area contributed by atoms with E-state index in [1.165, 1.54) is 13.0 Å². The van der Waals surface area contributed by atoms with Gasteiger partial charge in [-0.05, 0) is 24.6 Å². The van der Waals surface area contributed by atoms with Crippen LogP contribution >= 0.6 is 11.6 Å². The fourth-order valence-electron chi connectivity index (χ4n) is 2.83. The highest BCUT2D eigenvalue weighted by molar-refractivity contribution is 7.81. The van der Waals surface area contributed by atoms with Gasteiger partial charge >= 0.3 is 26.8 Å². The number of methoxy groups -OCH3 is 1. The second kappa shape index (κ2) is 9.84. The Morgan fingerprint density at radius 2 is 1.70 bits per heavy atom. The highest BCUT2D eigenvalue weighted by Crippen LogP contribution is 2.30. The second-order valence-corrected chi connectivity index (χ2v) is 8.72. The quantitative estimate of drug-likeness (QED) is 0.383. The summed E-state index contributed by atoms with van der Waals surface area (Å²) in [6.07, 6.45) is -8.40. The summed E-state index contributed by atoms with van der Waals surface area (Å²) in [6, 6.07) is 6.28. The maximum atomic E-state index is 12.4. The number of hydrogen-bond acceptors (Lipinski definition) is 10. The van der Waals surface area contributed by atoms with E-state index >= 15 is 0 Å². The summed E-state index contributed by atoms with van der Waals surface area (Å²) < 4.78 is 87.4. The monoisotopic (exact) mass is 490 g/mol. The number of ether oxygens (including phenoxy) is 3. The molecule has 30 heavy (non-hydrogen) atoms. The van der Waals surface area contributed by atoms with Gasteiger partial charge in [0.25, 0.3) is 0 Å². The zero-order valence-corrected chi connectivity index (χ0v) is 18.0. The van der Waals surface area contributed by atoms with Crippen LogP contribution in [0.5, 0.6) is 0 Å². The lowest BCUT2D eigenvalue weighted by molar-refractivity contribution is -0.279. The maximum absolute atomic E-state index is 12.4. The standard InChI is InChI=1S/C15H19ClO12S2/c1-8-12(26-11(17)7-9-4-3-5-10(16)6-9)13(27-29(18,19)20)14(15(24-2)25-8)28-30(21,22)23/h3-6,8,12-15H,7H2,1-2H3,(H,18,19,20)(H,21,22,23)/t8-,12-,13+,14+,15+/m0/s1. The predicted octanol–water partition coefficient (Wildman–Crippen LogP) is 0.562. The van der Waals surface area contributed by atoms with Gasteiger partial charge in [-0.3, -0.25) is 13.9 Å². The first-order valence-electron chi connectivity index (χ1n) is 8.22. The third-order valence-corrected chi connectivity index (χ3v) is 5.10. The molecule has 1 aliphatic heterocycles. The van der Waals surface area contributed by atoms with E-state index in [4.69, 9.17) is 34.9 Å². The number of esters is 1. The molecule has 1 aromatic rings. The Labute approximate surface area is 177 Å². The Balaban J connectivity index is 2.31. The molecule has 0 bridgehead atoms. The van der Waals surface area contributed by atoms with Crippen molar-refractivity contribution in [1.29, 1.82) is 0 Å². The molecule has 0 amide bonds. The Morgan fingerprint density at radius 1 is 1.10 bits per heavy atom. The van der Waals surface area contributed by atoms with E-state index < -0.39 is 57.5 Å².